The molecule has 18 heavy (non-hydrogen) atoms. The smallest absolute Gasteiger partial charge is 0.224 e. The molecule has 1 fully saturated rings. The molecule has 0 aliphatic heterocycles. The molecule has 1 aromatic heterocycles. The van der Waals surface area contributed by atoms with Crippen molar-refractivity contribution in [3.05, 3.63) is 29.8 Å². The number of aromatic nitrogens is 2. The zero-order valence-corrected chi connectivity index (χ0v) is 10.0. The number of H-pyrrole nitrogens is 1. The normalized spacial score (nSPS) is 18.8. The van der Waals surface area contributed by atoms with Crippen LogP contribution < -0.4 is 5.73 Å². The minimum Gasteiger partial charge on any atom is -0.369 e. The molecule has 3 N–H and O–H groups in total. The maximum atomic E-state index is 13.1. The molecule has 3 rings (SSSR count). The quantitative estimate of drug-likeness (QED) is 0.871. The molecule has 0 radical (unpaired) electrons. The molecule has 1 heterocycles. The van der Waals surface area contributed by atoms with E-state index in [-0.39, 0.29) is 17.6 Å². The minimum atomic E-state index is -0.466. The summed E-state index contributed by atoms with van der Waals surface area (Å²) in [6.07, 6.45) is 1.60. The van der Waals surface area contributed by atoms with Crippen LogP contribution >= 0.6 is 0 Å². The molecule has 0 unspecified atom stereocenters. The number of nitrogens with two attached hydrogens (primary N) is 1. The van der Waals surface area contributed by atoms with Gasteiger partial charge in [-0.25, -0.2) is 9.37 Å². The fraction of sp³-hybridized carbons (Fsp3) is 0.385. The van der Waals surface area contributed by atoms with Crippen molar-refractivity contribution in [2.24, 2.45) is 11.1 Å². The number of nitrogens with zero attached hydrogens (tertiary/aromatic N) is 1. The number of amides is 1. The van der Waals surface area contributed by atoms with Crippen molar-refractivity contribution >= 4 is 16.9 Å². The van der Waals surface area contributed by atoms with E-state index in [1.807, 2.05) is 6.92 Å². The highest BCUT2D eigenvalue weighted by Gasteiger charge is 2.54. The van der Waals surface area contributed by atoms with Crippen LogP contribution in [0.25, 0.3) is 11.0 Å². The number of hydrogen-bond donors (Lipinski definition) is 2. The van der Waals surface area contributed by atoms with Crippen molar-refractivity contribution in [3.8, 4) is 0 Å². The minimum absolute atomic E-state index is 0.0644. The fourth-order valence-electron chi connectivity index (χ4n) is 2.50. The lowest BCUT2D eigenvalue weighted by atomic mass is 9.89. The van der Waals surface area contributed by atoms with E-state index in [4.69, 9.17) is 5.73 Å². The van der Waals surface area contributed by atoms with Crippen LogP contribution in [0.2, 0.25) is 0 Å². The second-order valence-corrected chi connectivity index (χ2v) is 5.03. The highest BCUT2D eigenvalue weighted by Crippen LogP contribution is 2.55. The summed E-state index contributed by atoms with van der Waals surface area (Å²) in [5.41, 5.74) is 6.34. The van der Waals surface area contributed by atoms with Crippen molar-refractivity contribution in [2.75, 3.05) is 0 Å². The fourth-order valence-corrected chi connectivity index (χ4v) is 2.50. The van der Waals surface area contributed by atoms with Gasteiger partial charge in [-0.15, -0.1) is 0 Å². The molecule has 1 saturated carbocycles. The molecule has 94 valence electrons. The molecule has 1 amide bonds. The number of hydrogen-bond acceptors (Lipinski definition) is 2. The zero-order chi connectivity index (χ0) is 12.9. The summed E-state index contributed by atoms with van der Waals surface area (Å²) in [4.78, 5) is 19.0. The average Bonchev–Trinajstić information content (AvgIpc) is 3.03. The van der Waals surface area contributed by atoms with Gasteiger partial charge >= 0.3 is 0 Å². The number of benzene rings is 1. The molecule has 5 heteroatoms. The van der Waals surface area contributed by atoms with E-state index in [9.17, 15) is 9.18 Å². The molecule has 0 saturated heterocycles. The number of carbonyl (C=O) groups is 1. The first-order valence-electron chi connectivity index (χ1n) is 5.98. The van der Waals surface area contributed by atoms with E-state index in [1.54, 1.807) is 6.07 Å². The number of rotatable bonds is 3. The second-order valence-electron chi connectivity index (χ2n) is 5.03. The predicted molar refractivity (Wildman–Crippen MR) is 65.3 cm³/mol. The Balaban J connectivity index is 2.02. The van der Waals surface area contributed by atoms with Crippen LogP contribution in [-0.2, 0) is 4.79 Å². The van der Waals surface area contributed by atoms with Gasteiger partial charge in [0.1, 0.15) is 11.6 Å². The number of halogens is 1. The molecule has 1 aliphatic rings. The first-order chi connectivity index (χ1) is 8.53. The Morgan fingerprint density at radius 2 is 2.28 bits per heavy atom. The Hall–Kier alpha value is -1.91. The summed E-state index contributed by atoms with van der Waals surface area (Å²) in [7, 11) is 0. The molecule has 0 spiro atoms. The van der Waals surface area contributed by atoms with Crippen LogP contribution in [0.5, 0.6) is 0 Å². The standard InChI is InChI=1S/C13H14FN3O/c1-7(13(4-5-13)12(15)18)11-16-9-3-2-8(14)6-10(9)17-11/h2-3,6-7H,4-5H2,1H3,(H2,15,18)(H,16,17)/t7-/m1/s1. The third-order valence-electron chi connectivity index (χ3n) is 3.98. The summed E-state index contributed by atoms with van der Waals surface area (Å²) in [5.74, 6) is 0.0559. The van der Waals surface area contributed by atoms with Crippen LogP contribution in [0.1, 0.15) is 31.5 Å². The molecule has 1 aliphatic carbocycles. The van der Waals surface area contributed by atoms with Gasteiger partial charge in [0.05, 0.1) is 16.4 Å². The molecular weight excluding hydrogens is 233 g/mol. The summed E-state index contributed by atoms with van der Waals surface area (Å²) in [6, 6.07) is 4.40. The summed E-state index contributed by atoms with van der Waals surface area (Å²) >= 11 is 0. The first kappa shape index (κ1) is 11.2. The molecule has 2 aromatic rings. The highest BCUT2D eigenvalue weighted by molar-refractivity contribution is 5.85. The van der Waals surface area contributed by atoms with Crippen LogP contribution in [0.3, 0.4) is 0 Å². The van der Waals surface area contributed by atoms with E-state index >= 15 is 0 Å². The van der Waals surface area contributed by atoms with Crippen molar-refractivity contribution in [1.29, 1.82) is 0 Å². The lowest BCUT2D eigenvalue weighted by Crippen LogP contribution is -2.29. The van der Waals surface area contributed by atoms with Gasteiger partial charge in [-0.05, 0) is 31.0 Å². The topological polar surface area (TPSA) is 71.8 Å². The number of fused-ring (bicyclic) bond motifs is 1. The Bertz CT molecular complexity index is 630. The Morgan fingerprint density at radius 3 is 2.89 bits per heavy atom. The molecule has 4 nitrogen and oxygen atoms in total. The van der Waals surface area contributed by atoms with Crippen molar-refractivity contribution < 1.29 is 9.18 Å². The number of carbonyl (C=O) groups excluding carboxylic acids is 1. The van der Waals surface area contributed by atoms with E-state index in [0.29, 0.717) is 16.9 Å². The predicted octanol–water partition coefficient (Wildman–Crippen LogP) is 2.07. The van der Waals surface area contributed by atoms with Gasteiger partial charge in [0.15, 0.2) is 0 Å². The maximum Gasteiger partial charge on any atom is 0.224 e. The summed E-state index contributed by atoms with van der Waals surface area (Å²) in [5, 5.41) is 0. The third-order valence-corrected chi connectivity index (χ3v) is 3.98. The number of imidazole rings is 1. The van der Waals surface area contributed by atoms with Gasteiger partial charge in [-0.2, -0.15) is 0 Å². The summed E-state index contributed by atoms with van der Waals surface area (Å²) < 4.78 is 13.1. The van der Waals surface area contributed by atoms with Gasteiger partial charge in [0, 0.05) is 5.92 Å². The summed E-state index contributed by atoms with van der Waals surface area (Å²) in [6.45, 7) is 1.94. The SMILES string of the molecule is C[C@H](c1nc2ccc(F)cc2[nH]1)C1(C(N)=O)CC1. The van der Waals surface area contributed by atoms with Gasteiger partial charge < -0.3 is 10.7 Å². The van der Waals surface area contributed by atoms with Crippen LogP contribution in [0, 0.1) is 11.2 Å². The lowest BCUT2D eigenvalue weighted by Gasteiger charge is -2.17. The molecule has 1 aromatic carbocycles. The van der Waals surface area contributed by atoms with Gasteiger partial charge in [-0.3, -0.25) is 4.79 Å². The highest BCUT2D eigenvalue weighted by atomic mass is 19.1. The van der Waals surface area contributed by atoms with E-state index in [1.165, 1.54) is 12.1 Å². The monoisotopic (exact) mass is 247 g/mol. The van der Waals surface area contributed by atoms with Crippen molar-refractivity contribution in [2.45, 2.75) is 25.7 Å². The molecule has 1 atom stereocenters. The Labute approximate surface area is 103 Å². The Morgan fingerprint density at radius 1 is 1.56 bits per heavy atom. The lowest BCUT2D eigenvalue weighted by molar-refractivity contribution is -0.123. The number of nitrogens with one attached hydrogen (secondary N) is 1. The molecule has 0 bridgehead atoms. The number of primary amides is 1. The van der Waals surface area contributed by atoms with Crippen molar-refractivity contribution in [1.82, 2.24) is 9.97 Å². The van der Waals surface area contributed by atoms with Gasteiger partial charge in [0.2, 0.25) is 5.91 Å². The van der Waals surface area contributed by atoms with E-state index < -0.39 is 5.41 Å². The van der Waals surface area contributed by atoms with Crippen LogP contribution in [-0.4, -0.2) is 15.9 Å². The van der Waals surface area contributed by atoms with Gasteiger partial charge in [0.25, 0.3) is 0 Å². The first-order valence-corrected chi connectivity index (χ1v) is 5.98. The third kappa shape index (κ3) is 1.50. The van der Waals surface area contributed by atoms with Crippen LogP contribution in [0.4, 0.5) is 4.39 Å². The van der Waals surface area contributed by atoms with E-state index in [0.717, 1.165) is 12.8 Å². The van der Waals surface area contributed by atoms with Crippen LogP contribution in [0.15, 0.2) is 18.2 Å². The average molecular weight is 247 g/mol. The van der Waals surface area contributed by atoms with Crippen molar-refractivity contribution in [3.63, 3.8) is 0 Å². The second kappa shape index (κ2) is 3.54. The largest absolute Gasteiger partial charge is 0.369 e. The molecular formula is C13H14FN3O. The zero-order valence-electron chi connectivity index (χ0n) is 10.0. The Kier molecular flexibility index (Phi) is 2.20. The van der Waals surface area contributed by atoms with E-state index in [2.05, 4.69) is 9.97 Å². The number of aromatic amines is 1. The van der Waals surface area contributed by atoms with Gasteiger partial charge in [-0.1, -0.05) is 6.92 Å². The maximum absolute atomic E-state index is 13.1.